The molecule has 2 amide bonds. The van der Waals surface area contributed by atoms with Crippen molar-refractivity contribution in [3.05, 3.63) is 123 Å². The number of nitrogens with zero attached hydrogens (tertiary/aromatic N) is 2. The molecule has 4 rings (SSSR count). The van der Waals surface area contributed by atoms with Gasteiger partial charge in [0, 0.05) is 19.5 Å². The summed E-state index contributed by atoms with van der Waals surface area (Å²) in [4.78, 5) is 29.6. The van der Waals surface area contributed by atoms with Crippen molar-refractivity contribution in [2.45, 2.75) is 44.7 Å². The Kier molecular flexibility index (Phi) is 11.7. The lowest BCUT2D eigenvalue weighted by atomic mass is 10.0. The van der Waals surface area contributed by atoms with E-state index in [-0.39, 0.29) is 40.2 Å². The smallest absolute Gasteiger partial charge is 0.264 e. The number of ether oxygens (including phenoxy) is 1. The van der Waals surface area contributed by atoms with E-state index in [0.29, 0.717) is 17.1 Å². The first-order valence-corrected chi connectivity index (χ1v) is 16.9. The van der Waals surface area contributed by atoms with Crippen LogP contribution in [-0.4, -0.2) is 51.4 Å². The Bertz CT molecular complexity index is 1780. The Labute approximate surface area is 280 Å². The maximum absolute atomic E-state index is 14.6. The predicted molar refractivity (Wildman–Crippen MR) is 183 cm³/mol. The number of halogens is 2. The van der Waals surface area contributed by atoms with Crippen molar-refractivity contribution in [3.8, 4) is 5.75 Å². The molecule has 242 valence electrons. The molecule has 1 atom stereocenters. The van der Waals surface area contributed by atoms with Gasteiger partial charge in [0.05, 0.1) is 27.7 Å². The molecule has 0 fully saturated rings. The Hall–Kier alpha value is -4.05. The molecule has 46 heavy (non-hydrogen) atoms. The topological polar surface area (TPSA) is 96.0 Å². The SMILES string of the molecule is CCNC(=O)[C@@H](Cc1ccccc1)N(Cc1ccc(Cl)c(Cl)c1)C(=O)CN(c1cc(C)ccc1OC)S(=O)(=O)c1ccc(C)cc1. The summed E-state index contributed by atoms with van der Waals surface area (Å²) in [6.45, 7) is 5.17. The highest BCUT2D eigenvalue weighted by Crippen LogP contribution is 2.34. The molecule has 8 nitrogen and oxygen atoms in total. The van der Waals surface area contributed by atoms with E-state index < -0.39 is 28.5 Å². The zero-order valence-electron chi connectivity index (χ0n) is 26.2. The van der Waals surface area contributed by atoms with Crippen molar-refractivity contribution in [2.24, 2.45) is 0 Å². The van der Waals surface area contributed by atoms with Crippen molar-refractivity contribution in [1.29, 1.82) is 0 Å². The van der Waals surface area contributed by atoms with E-state index in [1.807, 2.05) is 44.2 Å². The molecule has 0 saturated heterocycles. The highest BCUT2D eigenvalue weighted by atomic mass is 35.5. The number of carbonyl (C=O) groups is 2. The molecule has 4 aromatic rings. The number of benzene rings is 4. The molecular formula is C35H37Cl2N3O5S. The summed E-state index contributed by atoms with van der Waals surface area (Å²) >= 11 is 12.5. The van der Waals surface area contributed by atoms with Crippen molar-refractivity contribution in [3.63, 3.8) is 0 Å². The monoisotopic (exact) mass is 681 g/mol. The molecule has 0 heterocycles. The summed E-state index contributed by atoms with van der Waals surface area (Å²) in [5.41, 5.74) is 3.29. The molecule has 0 aromatic heterocycles. The second-order valence-corrected chi connectivity index (χ2v) is 13.5. The van der Waals surface area contributed by atoms with Gasteiger partial charge in [0.25, 0.3) is 10.0 Å². The van der Waals surface area contributed by atoms with E-state index in [4.69, 9.17) is 27.9 Å². The number of sulfonamides is 1. The number of nitrogens with one attached hydrogen (secondary N) is 1. The predicted octanol–water partition coefficient (Wildman–Crippen LogP) is 6.59. The van der Waals surface area contributed by atoms with E-state index >= 15 is 0 Å². The van der Waals surface area contributed by atoms with Gasteiger partial charge >= 0.3 is 0 Å². The van der Waals surface area contributed by atoms with Crippen LogP contribution in [0.25, 0.3) is 0 Å². The van der Waals surface area contributed by atoms with E-state index in [9.17, 15) is 18.0 Å². The van der Waals surface area contributed by atoms with Crippen LogP contribution in [0, 0.1) is 13.8 Å². The van der Waals surface area contributed by atoms with Gasteiger partial charge in [-0.05, 0) is 73.9 Å². The third kappa shape index (κ3) is 8.40. The van der Waals surface area contributed by atoms with Gasteiger partial charge < -0.3 is 15.0 Å². The summed E-state index contributed by atoms with van der Waals surface area (Å²) in [6.07, 6.45) is 0.193. The number of aryl methyl sites for hydroxylation is 2. The number of hydrogen-bond donors (Lipinski definition) is 1. The van der Waals surface area contributed by atoms with Crippen LogP contribution >= 0.6 is 23.2 Å². The van der Waals surface area contributed by atoms with Crippen LogP contribution in [0.4, 0.5) is 5.69 Å². The fraction of sp³-hybridized carbons (Fsp3) is 0.257. The van der Waals surface area contributed by atoms with Gasteiger partial charge in [0.1, 0.15) is 18.3 Å². The molecule has 0 unspecified atom stereocenters. The average molecular weight is 683 g/mol. The second kappa shape index (κ2) is 15.5. The van der Waals surface area contributed by atoms with E-state index in [1.165, 1.54) is 24.1 Å². The fourth-order valence-electron chi connectivity index (χ4n) is 5.03. The Balaban J connectivity index is 1.86. The summed E-state index contributed by atoms with van der Waals surface area (Å²) in [6, 6.07) is 24.8. The van der Waals surface area contributed by atoms with Crippen LogP contribution in [-0.2, 0) is 32.6 Å². The third-order valence-corrected chi connectivity index (χ3v) is 9.96. The van der Waals surface area contributed by atoms with Gasteiger partial charge in [-0.15, -0.1) is 0 Å². The molecule has 0 radical (unpaired) electrons. The Morgan fingerprint density at radius 2 is 1.52 bits per heavy atom. The second-order valence-electron chi connectivity index (χ2n) is 10.9. The minimum Gasteiger partial charge on any atom is -0.495 e. The number of likely N-dealkylation sites (N-methyl/N-ethyl adjacent to an activating group) is 1. The van der Waals surface area contributed by atoms with Gasteiger partial charge in [-0.3, -0.25) is 13.9 Å². The summed E-state index contributed by atoms with van der Waals surface area (Å²) in [7, 11) is -2.84. The van der Waals surface area contributed by atoms with Gasteiger partial charge in [-0.2, -0.15) is 0 Å². The highest BCUT2D eigenvalue weighted by molar-refractivity contribution is 7.92. The summed E-state index contributed by atoms with van der Waals surface area (Å²) in [5, 5.41) is 3.48. The first-order valence-electron chi connectivity index (χ1n) is 14.7. The number of methoxy groups -OCH3 is 1. The summed E-state index contributed by atoms with van der Waals surface area (Å²) < 4.78 is 35.2. The molecule has 4 aromatic carbocycles. The molecule has 0 aliphatic carbocycles. The fourth-order valence-corrected chi connectivity index (χ4v) is 6.76. The molecule has 11 heteroatoms. The first-order chi connectivity index (χ1) is 21.9. The minimum absolute atomic E-state index is 0.00931. The lowest BCUT2D eigenvalue weighted by Crippen LogP contribution is -2.53. The van der Waals surface area contributed by atoms with Crippen molar-refractivity contribution in [2.75, 3.05) is 24.5 Å². The van der Waals surface area contributed by atoms with Gasteiger partial charge in [0.2, 0.25) is 11.8 Å². The Morgan fingerprint density at radius 1 is 0.848 bits per heavy atom. The first kappa shape index (κ1) is 34.8. The van der Waals surface area contributed by atoms with Gasteiger partial charge in [-0.1, -0.05) is 83.4 Å². The molecule has 0 aliphatic rings. The number of amides is 2. The van der Waals surface area contributed by atoms with E-state index in [2.05, 4.69) is 5.32 Å². The van der Waals surface area contributed by atoms with Crippen LogP contribution < -0.4 is 14.4 Å². The van der Waals surface area contributed by atoms with Gasteiger partial charge in [-0.25, -0.2) is 8.42 Å². The highest BCUT2D eigenvalue weighted by Gasteiger charge is 2.35. The lowest BCUT2D eigenvalue weighted by molar-refractivity contribution is -0.140. The standard InChI is InChI=1S/C35H37Cl2N3O5S/c1-5-38-35(42)32(21-26-9-7-6-8-10-26)39(22-27-14-17-29(36)30(37)20-27)34(41)23-40(31-19-25(3)13-18-33(31)45-4)46(43,44)28-15-11-24(2)12-16-28/h6-20,32H,5,21-23H2,1-4H3,(H,38,42)/t32-/m1/s1. The van der Waals surface area contributed by atoms with Crippen molar-refractivity contribution < 1.29 is 22.7 Å². The Morgan fingerprint density at radius 3 is 2.15 bits per heavy atom. The van der Waals surface area contributed by atoms with Crippen LogP contribution in [0.2, 0.25) is 10.0 Å². The van der Waals surface area contributed by atoms with Crippen LogP contribution in [0.15, 0.2) is 95.9 Å². The number of anilines is 1. The largest absolute Gasteiger partial charge is 0.495 e. The molecule has 0 saturated carbocycles. The summed E-state index contributed by atoms with van der Waals surface area (Å²) in [5.74, 6) is -0.701. The van der Waals surface area contributed by atoms with Crippen LogP contribution in [0.5, 0.6) is 5.75 Å². The molecular weight excluding hydrogens is 645 g/mol. The molecule has 0 bridgehead atoms. The van der Waals surface area contributed by atoms with Crippen LogP contribution in [0.3, 0.4) is 0 Å². The quantitative estimate of drug-likeness (QED) is 0.172. The lowest BCUT2D eigenvalue weighted by Gasteiger charge is -2.34. The van der Waals surface area contributed by atoms with Crippen molar-refractivity contribution >= 4 is 50.7 Å². The van der Waals surface area contributed by atoms with Gasteiger partial charge in [0.15, 0.2) is 0 Å². The van der Waals surface area contributed by atoms with E-state index in [0.717, 1.165) is 21.0 Å². The maximum atomic E-state index is 14.6. The van der Waals surface area contributed by atoms with Crippen LogP contribution in [0.1, 0.15) is 29.2 Å². The molecule has 0 spiro atoms. The zero-order valence-corrected chi connectivity index (χ0v) is 28.5. The normalized spacial score (nSPS) is 11.9. The molecule has 0 aliphatic heterocycles. The minimum atomic E-state index is -4.28. The number of carbonyl (C=O) groups excluding carboxylic acids is 2. The molecule has 1 N–H and O–H groups in total. The number of rotatable bonds is 13. The average Bonchev–Trinajstić information content (AvgIpc) is 3.03. The maximum Gasteiger partial charge on any atom is 0.264 e. The zero-order chi connectivity index (χ0) is 33.4. The van der Waals surface area contributed by atoms with Crippen molar-refractivity contribution in [1.82, 2.24) is 10.2 Å². The third-order valence-electron chi connectivity index (χ3n) is 7.45. The van der Waals surface area contributed by atoms with E-state index in [1.54, 1.807) is 55.5 Å². The number of hydrogen-bond acceptors (Lipinski definition) is 5.